The van der Waals surface area contributed by atoms with Gasteiger partial charge in [-0.05, 0) is 61.0 Å². The SMILES string of the molecule is CC[C@H]1Cn2ncc(NC(=O)c3ccc(OC)c(C#N)c3)c2C(=O)N1c1ccc(C(F)(F)c2ccc(F)cc2)cc1. The molecule has 0 spiro atoms. The molecule has 3 aromatic carbocycles. The van der Waals surface area contributed by atoms with Crippen molar-refractivity contribution in [3.8, 4) is 11.8 Å². The number of hydrogen-bond donors (Lipinski definition) is 1. The maximum atomic E-state index is 15.1. The van der Waals surface area contributed by atoms with E-state index in [9.17, 15) is 19.2 Å². The van der Waals surface area contributed by atoms with E-state index in [1.165, 1.54) is 65.4 Å². The number of nitrogens with zero attached hydrogens (tertiary/aromatic N) is 4. The van der Waals surface area contributed by atoms with Gasteiger partial charge in [-0.1, -0.05) is 19.1 Å². The first-order valence-corrected chi connectivity index (χ1v) is 12.7. The van der Waals surface area contributed by atoms with Crippen molar-refractivity contribution < 1.29 is 27.5 Å². The number of nitriles is 1. The monoisotopic (exact) mass is 559 g/mol. The molecule has 11 heteroatoms. The van der Waals surface area contributed by atoms with Crippen molar-refractivity contribution in [1.82, 2.24) is 9.78 Å². The van der Waals surface area contributed by atoms with Crippen molar-refractivity contribution in [2.75, 3.05) is 17.3 Å². The summed E-state index contributed by atoms with van der Waals surface area (Å²) in [5.41, 5.74) is 0.421. The average Bonchev–Trinajstić information content (AvgIpc) is 3.39. The molecule has 8 nitrogen and oxygen atoms in total. The number of nitrogens with one attached hydrogen (secondary N) is 1. The van der Waals surface area contributed by atoms with Gasteiger partial charge in [0.15, 0.2) is 0 Å². The molecular weight excluding hydrogens is 535 g/mol. The number of halogens is 3. The molecular formula is C30H24F3N5O3. The molecule has 0 unspecified atom stereocenters. The van der Waals surface area contributed by atoms with E-state index < -0.39 is 23.6 Å². The van der Waals surface area contributed by atoms with E-state index in [1.54, 1.807) is 0 Å². The first kappa shape index (κ1) is 27.5. The van der Waals surface area contributed by atoms with Crippen molar-refractivity contribution in [1.29, 1.82) is 5.26 Å². The number of carbonyl (C=O) groups excluding carboxylic acids is 2. The van der Waals surface area contributed by atoms with Gasteiger partial charge in [-0.15, -0.1) is 0 Å². The molecule has 0 saturated carbocycles. The van der Waals surface area contributed by atoms with Crippen LogP contribution in [0.1, 0.15) is 50.9 Å². The fraction of sp³-hybridized carbons (Fsp3) is 0.200. The molecule has 2 amide bonds. The zero-order chi connectivity index (χ0) is 29.3. The van der Waals surface area contributed by atoms with Crippen LogP contribution >= 0.6 is 0 Å². The zero-order valence-corrected chi connectivity index (χ0v) is 22.1. The molecule has 1 aromatic heterocycles. The summed E-state index contributed by atoms with van der Waals surface area (Å²) in [4.78, 5) is 28.3. The van der Waals surface area contributed by atoms with Crippen LogP contribution in [0.5, 0.6) is 5.75 Å². The normalized spacial score (nSPS) is 14.8. The summed E-state index contributed by atoms with van der Waals surface area (Å²) in [6.45, 7) is 2.22. The quantitative estimate of drug-likeness (QED) is 0.312. The second kappa shape index (κ2) is 10.8. The fourth-order valence-corrected chi connectivity index (χ4v) is 4.83. The summed E-state index contributed by atoms with van der Waals surface area (Å²) in [6, 6.07) is 15.4. The van der Waals surface area contributed by atoms with Crippen molar-refractivity contribution >= 4 is 23.2 Å². The van der Waals surface area contributed by atoms with Crippen LogP contribution in [0.2, 0.25) is 0 Å². The third kappa shape index (κ3) is 5.00. The Kier molecular flexibility index (Phi) is 7.24. The molecule has 4 aromatic rings. The van der Waals surface area contributed by atoms with Crippen LogP contribution in [-0.4, -0.2) is 34.7 Å². The Hall–Kier alpha value is -5.11. The first-order chi connectivity index (χ1) is 19.7. The number of rotatable bonds is 7. The van der Waals surface area contributed by atoms with Gasteiger partial charge in [-0.2, -0.15) is 19.1 Å². The molecule has 41 heavy (non-hydrogen) atoms. The predicted molar refractivity (Wildman–Crippen MR) is 145 cm³/mol. The number of hydrogen-bond acceptors (Lipinski definition) is 5. The summed E-state index contributed by atoms with van der Waals surface area (Å²) >= 11 is 0. The number of carbonyl (C=O) groups is 2. The maximum Gasteiger partial charge on any atom is 0.298 e. The van der Waals surface area contributed by atoms with Crippen molar-refractivity contribution in [3.05, 3.63) is 107 Å². The van der Waals surface area contributed by atoms with E-state index in [2.05, 4.69) is 10.4 Å². The number of aromatic nitrogens is 2. The van der Waals surface area contributed by atoms with Crippen LogP contribution in [0.3, 0.4) is 0 Å². The zero-order valence-electron chi connectivity index (χ0n) is 22.1. The highest BCUT2D eigenvalue weighted by Crippen LogP contribution is 2.37. The number of benzene rings is 3. The topological polar surface area (TPSA) is 100 Å². The van der Waals surface area contributed by atoms with E-state index in [0.717, 1.165) is 24.3 Å². The van der Waals surface area contributed by atoms with Crippen molar-refractivity contribution in [2.45, 2.75) is 31.9 Å². The summed E-state index contributed by atoms with van der Waals surface area (Å²) < 4.78 is 50.1. The first-order valence-electron chi connectivity index (χ1n) is 12.7. The molecule has 5 rings (SSSR count). The molecule has 1 aliphatic heterocycles. The van der Waals surface area contributed by atoms with Crippen LogP contribution in [0.25, 0.3) is 0 Å². The predicted octanol–water partition coefficient (Wildman–Crippen LogP) is 5.73. The van der Waals surface area contributed by atoms with Gasteiger partial charge < -0.3 is 15.0 Å². The van der Waals surface area contributed by atoms with Gasteiger partial charge in [0.25, 0.3) is 17.7 Å². The minimum Gasteiger partial charge on any atom is -0.495 e. The average molecular weight is 560 g/mol. The van der Waals surface area contributed by atoms with Gasteiger partial charge >= 0.3 is 0 Å². The molecule has 0 radical (unpaired) electrons. The van der Waals surface area contributed by atoms with Crippen LogP contribution < -0.4 is 15.0 Å². The third-order valence-electron chi connectivity index (χ3n) is 7.03. The van der Waals surface area contributed by atoms with Gasteiger partial charge in [0, 0.05) is 22.4 Å². The lowest BCUT2D eigenvalue weighted by Gasteiger charge is -2.36. The summed E-state index contributed by atoms with van der Waals surface area (Å²) in [5, 5.41) is 16.3. The molecule has 0 aliphatic carbocycles. The van der Waals surface area contributed by atoms with Gasteiger partial charge in [0.05, 0.1) is 37.1 Å². The Labute approximate surface area is 233 Å². The summed E-state index contributed by atoms with van der Waals surface area (Å²) in [6.07, 6.45) is 1.94. The Morgan fingerprint density at radius 1 is 1.12 bits per heavy atom. The van der Waals surface area contributed by atoms with Crippen LogP contribution in [0, 0.1) is 17.1 Å². The smallest absolute Gasteiger partial charge is 0.298 e. The number of methoxy groups -OCH3 is 1. The van der Waals surface area contributed by atoms with E-state index in [4.69, 9.17) is 4.74 Å². The summed E-state index contributed by atoms with van der Waals surface area (Å²) in [7, 11) is 1.42. The maximum absolute atomic E-state index is 15.1. The van der Waals surface area contributed by atoms with E-state index in [1.807, 2.05) is 13.0 Å². The highest BCUT2D eigenvalue weighted by atomic mass is 19.3. The van der Waals surface area contributed by atoms with Crippen LogP contribution in [-0.2, 0) is 12.5 Å². The number of alkyl halides is 2. The second-order valence-electron chi connectivity index (χ2n) is 9.44. The molecule has 2 heterocycles. The van der Waals surface area contributed by atoms with Crippen molar-refractivity contribution in [2.24, 2.45) is 0 Å². The fourth-order valence-electron chi connectivity index (χ4n) is 4.83. The Balaban J connectivity index is 1.42. The standard InChI is InChI=1S/C30H24F3N5O3/c1-3-23-17-37-27(25(16-35-37)36-28(39)18-4-13-26(41-2)19(14-18)15-34)29(40)38(23)24-11-7-21(8-12-24)30(32,33)20-5-9-22(31)10-6-20/h4-14,16,23H,3,17H2,1-2H3,(H,36,39)/t23-/m0/s1. The van der Waals surface area contributed by atoms with E-state index in [0.29, 0.717) is 24.4 Å². The van der Waals surface area contributed by atoms with Crippen LogP contribution in [0.4, 0.5) is 24.5 Å². The molecule has 208 valence electrons. The van der Waals surface area contributed by atoms with Gasteiger partial charge in [-0.25, -0.2) is 4.39 Å². The molecule has 1 N–H and O–H groups in total. The molecule has 0 fully saturated rings. The number of amides is 2. The number of fused-ring (bicyclic) bond motifs is 1. The minimum atomic E-state index is -3.37. The molecule has 0 bridgehead atoms. The lowest BCUT2D eigenvalue weighted by atomic mass is 9.99. The third-order valence-corrected chi connectivity index (χ3v) is 7.03. The Morgan fingerprint density at radius 3 is 2.39 bits per heavy atom. The Morgan fingerprint density at radius 2 is 1.78 bits per heavy atom. The van der Waals surface area contributed by atoms with Crippen molar-refractivity contribution in [3.63, 3.8) is 0 Å². The molecule has 1 aliphatic rings. The van der Waals surface area contributed by atoms with Crippen LogP contribution in [0.15, 0.2) is 72.9 Å². The van der Waals surface area contributed by atoms with Gasteiger partial charge in [0.1, 0.15) is 23.3 Å². The molecule has 0 saturated heterocycles. The summed E-state index contributed by atoms with van der Waals surface area (Å²) in [5.74, 6) is -4.67. The van der Waals surface area contributed by atoms with Gasteiger partial charge in [-0.3, -0.25) is 14.3 Å². The minimum absolute atomic E-state index is 0.137. The second-order valence-corrected chi connectivity index (χ2v) is 9.44. The largest absolute Gasteiger partial charge is 0.495 e. The lowest BCUT2D eigenvalue weighted by Crippen LogP contribution is -2.48. The molecule has 1 atom stereocenters. The van der Waals surface area contributed by atoms with Gasteiger partial charge in [0.2, 0.25) is 0 Å². The number of anilines is 2. The van der Waals surface area contributed by atoms with E-state index >= 15 is 8.78 Å². The van der Waals surface area contributed by atoms with E-state index in [-0.39, 0.29) is 39.7 Å². The Bertz CT molecular complexity index is 1660. The lowest BCUT2D eigenvalue weighted by molar-refractivity contribution is 0.0428. The number of ether oxygens (including phenoxy) is 1. The highest BCUT2D eigenvalue weighted by molar-refractivity contribution is 6.13. The highest BCUT2D eigenvalue weighted by Gasteiger charge is 2.37.